The quantitative estimate of drug-likeness (QED) is 0.870. The second kappa shape index (κ2) is 7.52. The Morgan fingerprint density at radius 2 is 1.54 bits per heavy atom. The number of rotatable bonds is 5. The van der Waals surface area contributed by atoms with Crippen molar-refractivity contribution in [3.05, 3.63) is 65.7 Å². The van der Waals surface area contributed by atoms with Crippen LogP contribution in [-0.4, -0.2) is 12.0 Å². The molecule has 1 N–H and O–H groups in total. The first kappa shape index (κ1) is 18.1. The van der Waals surface area contributed by atoms with E-state index in [0.29, 0.717) is 5.75 Å². The molecule has 0 aliphatic heterocycles. The summed E-state index contributed by atoms with van der Waals surface area (Å²) in [6.07, 6.45) is -0.545. The Morgan fingerprint density at radius 3 is 2.08 bits per heavy atom. The van der Waals surface area contributed by atoms with Crippen LogP contribution in [0.1, 0.15) is 51.8 Å². The number of benzene rings is 2. The van der Waals surface area contributed by atoms with Gasteiger partial charge in [-0.25, -0.2) is 0 Å². The van der Waals surface area contributed by atoms with E-state index in [1.807, 2.05) is 61.5 Å². The molecule has 2 rings (SSSR count). The highest BCUT2D eigenvalue weighted by Gasteiger charge is 2.18. The van der Waals surface area contributed by atoms with Gasteiger partial charge in [-0.15, -0.1) is 0 Å². The summed E-state index contributed by atoms with van der Waals surface area (Å²) in [6.45, 7) is 10.3. The molecule has 0 heterocycles. The highest BCUT2D eigenvalue weighted by atomic mass is 16.5. The van der Waals surface area contributed by atoms with Crippen molar-refractivity contribution >= 4 is 5.91 Å². The Bertz CT molecular complexity index is 656. The summed E-state index contributed by atoms with van der Waals surface area (Å²) < 4.78 is 5.77. The molecule has 0 aromatic heterocycles. The van der Waals surface area contributed by atoms with Gasteiger partial charge >= 0.3 is 0 Å². The van der Waals surface area contributed by atoms with Crippen LogP contribution < -0.4 is 10.1 Å². The van der Waals surface area contributed by atoms with Crippen LogP contribution in [0.15, 0.2) is 54.6 Å². The van der Waals surface area contributed by atoms with E-state index in [4.69, 9.17) is 4.74 Å². The summed E-state index contributed by atoms with van der Waals surface area (Å²) in [5.41, 5.74) is 2.42. The van der Waals surface area contributed by atoms with Gasteiger partial charge in [0.2, 0.25) is 0 Å². The van der Waals surface area contributed by atoms with Gasteiger partial charge in [-0.05, 0) is 42.5 Å². The van der Waals surface area contributed by atoms with E-state index in [-0.39, 0.29) is 17.4 Å². The molecule has 3 heteroatoms. The Labute approximate surface area is 145 Å². The molecule has 0 unspecified atom stereocenters. The molecule has 0 radical (unpaired) electrons. The third kappa shape index (κ3) is 4.85. The van der Waals surface area contributed by atoms with Gasteiger partial charge in [0.1, 0.15) is 5.75 Å². The maximum atomic E-state index is 12.3. The highest BCUT2D eigenvalue weighted by Crippen LogP contribution is 2.24. The Balaban J connectivity index is 1.94. The van der Waals surface area contributed by atoms with Crippen molar-refractivity contribution in [2.24, 2.45) is 0 Å². The molecule has 24 heavy (non-hydrogen) atoms. The summed E-state index contributed by atoms with van der Waals surface area (Å²) in [5.74, 6) is 0.587. The Hall–Kier alpha value is -2.29. The number of amides is 1. The fourth-order valence-corrected chi connectivity index (χ4v) is 2.45. The smallest absolute Gasteiger partial charge is 0.261 e. The second-order valence-corrected chi connectivity index (χ2v) is 7.18. The van der Waals surface area contributed by atoms with E-state index in [9.17, 15) is 4.79 Å². The van der Waals surface area contributed by atoms with Crippen molar-refractivity contribution in [2.45, 2.75) is 52.2 Å². The molecule has 3 nitrogen and oxygen atoms in total. The standard InChI is InChI=1S/C21H27NO2/c1-15(17-9-7-6-8-10-17)22-20(23)16(2)24-19-13-11-18(12-14-19)21(3,4)5/h6-16H,1-5H3,(H,22,23)/t15-,16+/m0/s1. The minimum atomic E-state index is -0.545. The van der Waals surface area contributed by atoms with E-state index in [2.05, 4.69) is 26.1 Å². The summed E-state index contributed by atoms with van der Waals surface area (Å²) in [5, 5.41) is 2.99. The van der Waals surface area contributed by atoms with Gasteiger partial charge in [-0.2, -0.15) is 0 Å². The Morgan fingerprint density at radius 1 is 0.958 bits per heavy atom. The van der Waals surface area contributed by atoms with Crippen molar-refractivity contribution < 1.29 is 9.53 Å². The largest absolute Gasteiger partial charge is 0.481 e. The molecule has 2 atom stereocenters. The number of carbonyl (C=O) groups is 1. The number of nitrogens with one attached hydrogen (secondary N) is 1. The monoisotopic (exact) mass is 325 g/mol. The summed E-state index contributed by atoms with van der Waals surface area (Å²) >= 11 is 0. The zero-order valence-electron chi connectivity index (χ0n) is 15.2. The van der Waals surface area contributed by atoms with E-state index < -0.39 is 6.10 Å². The topological polar surface area (TPSA) is 38.3 Å². The molecular weight excluding hydrogens is 298 g/mol. The molecule has 0 saturated carbocycles. The number of hydrogen-bond acceptors (Lipinski definition) is 2. The predicted octanol–water partition coefficient (Wildman–Crippen LogP) is 4.63. The molecular formula is C21H27NO2. The zero-order chi connectivity index (χ0) is 17.7. The van der Waals surface area contributed by atoms with Crippen molar-refractivity contribution in [1.29, 1.82) is 0 Å². The Kier molecular flexibility index (Phi) is 5.66. The molecule has 0 bridgehead atoms. The summed E-state index contributed by atoms with van der Waals surface area (Å²) in [6, 6.07) is 17.8. The van der Waals surface area contributed by atoms with Crippen LogP contribution in [0.2, 0.25) is 0 Å². The molecule has 0 fully saturated rings. The number of ether oxygens (including phenoxy) is 1. The van der Waals surface area contributed by atoms with Gasteiger partial charge in [0, 0.05) is 0 Å². The predicted molar refractivity (Wildman–Crippen MR) is 98.2 cm³/mol. The van der Waals surface area contributed by atoms with E-state index in [1.165, 1.54) is 5.56 Å². The molecule has 1 amide bonds. The fraction of sp³-hybridized carbons (Fsp3) is 0.381. The maximum Gasteiger partial charge on any atom is 0.261 e. The molecule has 0 aliphatic rings. The average molecular weight is 325 g/mol. The number of carbonyl (C=O) groups excluding carboxylic acids is 1. The molecule has 128 valence electrons. The summed E-state index contributed by atoms with van der Waals surface area (Å²) in [7, 11) is 0. The van der Waals surface area contributed by atoms with Crippen LogP contribution >= 0.6 is 0 Å². The number of hydrogen-bond donors (Lipinski definition) is 1. The van der Waals surface area contributed by atoms with Crippen molar-refractivity contribution in [3.8, 4) is 5.75 Å². The molecule has 2 aromatic rings. The normalized spacial score (nSPS) is 13.9. The lowest BCUT2D eigenvalue weighted by Gasteiger charge is -2.21. The minimum Gasteiger partial charge on any atom is -0.481 e. The van der Waals surface area contributed by atoms with Gasteiger partial charge in [0.05, 0.1) is 6.04 Å². The van der Waals surface area contributed by atoms with Crippen molar-refractivity contribution in [1.82, 2.24) is 5.32 Å². The first-order chi connectivity index (χ1) is 11.3. The zero-order valence-corrected chi connectivity index (χ0v) is 15.2. The van der Waals surface area contributed by atoms with Crippen LogP contribution in [0.25, 0.3) is 0 Å². The third-order valence-corrected chi connectivity index (χ3v) is 4.06. The molecule has 2 aromatic carbocycles. The minimum absolute atomic E-state index is 0.0481. The molecule has 0 spiro atoms. The van der Waals surface area contributed by atoms with Gasteiger partial charge in [-0.1, -0.05) is 63.2 Å². The lowest BCUT2D eigenvalue weighted by Crippen LogP contribution is -2.37. The van der Waals surface area contributed by atoms with Crippen LogP contribution in [0.4, 0.5) is 0 Å². The average Bonchev–Trinajstić information content (AvgIpc) is 2.55. The van der Waals surface area contributed by atoms with Crippen LogP contribution in [0.5, 0.6) is 5.75 Å². The van der Waals surface area contributed by atoms with E-state index in [1.54, 1.807) is 6.92 Å². The van der Waals surface area contributed by atoms with Gasteiger partial charge in [0.15, 0.2) is 6.10 Å². The van der Waals surface area contributed by atoms with Crippen LogP contribution in [0.3, 0.4) is 0 Å². The lowest BCUT2D eigenvalue weighted by molar-refractivity contribution is -0.127. The van der Waals surface area contributed by atoms with Crippen LogP contribution in [0, 0.1) is 0 Å². The highest BCUT2D eigenvalue weighted by molar-refractivity contribution is 5.81. The summed E-state index contributed by atoms with van der Waals surface area (Å²) in [4.78, 5) is 12.3. The first-order valence-electron chi connectivity index (χ1n) is 8.40. The van der Waals surface area contributed by atoms with Crippen LogP contribution in [-0.2, 0) is 10.2 Å². The third-order valence-electron chi connectivity index (χ3n) is 4.06. The maximum absolute atomic E-state index is 12.3. The second-order valence-electron chi connectivity index (χ2n) is 7.18. The van der Waals surface area contributed by atoms with Crippen molar-refractivity contribution in [2.75, 3.05) is 0 Å². The SMILES string of the molecule is C[C@H](NC(=O)[C@@H](C)Oc1ccc(C(C)(C)C)cc1)c1ccccc1. The van der Waals surface area contributed by atoms with E-state index in [0.717, 1.165) is 5.56 Å². The first-order valence-corrected chi connectivity index (χ1v) is 8.40. The lowest BCUT2D eigenvalue weighted by atomic mass is 9.87. The van der Waals surface area contributed by atoms with Gasteiger partial charge < -0.3 is 10.1 Å². The molecule has 0 saturated heterocycles. The van der Waals surface area contributed by atoms with E-state index >= 15 is 0 Å². The van der Waals surface area contributed by atoms with Crippen molar-refractivity contribution in [3.63, 3.8) is 0 Å². The van der Waals surface area contributed by atoms with Gasteiger partial charge in [-0.3, -0.25) is 4.79 Å². The molecule has 0 aliphatic carbocycles. The fourth-order valence-electron chi connectivity index (χ4n) is 2.45. The van der Waals surface area contributed by atoms with Gasteiger partial charge in [0.25, 0.3) is 5.91 Å².